The third-order valence-corrected chi connectivity index (χ3v) is 3.12. The van der Waals surface area contributed by atoms with Gasteiger partial charge in [-0.15, -0.1) is 0 Å². The normalized spacial score (nSPS) is 33.1. The molecule has 1 fully saturated rings. The summed E-state index contributed by atoms with van der Waals surface area (Å²) < 4.78 is 0. The molecule has 0 aromatic carbocycles. The predicted octanol–water partition coefficient (Wildman–Crippen LogP) is 1.51. The van der Waals surface area contributed by atoms with Crippen LogP contribution in [0.3, 0.4) is 0 Å². The molecule has 2 heteroatoms. The standard InChI is InChI=1S/C10H18N2/c1-10(2)4-5-12-7-9(10)6-11(3)8-12/h6H,4-5,7-8H2,1-3H3. The highest BCUT2D eigenvalue weighted by Gasteiger charge is 2.32. The maximum atomic E-state index is 2.51. The van der Waals surface area contributed by atoms with Crippen LogP contribution in [-0.2, 0) is 0 Å². The van der Waals surface area contributed by atoms with Gasteiger partial charge in [0.1, 0.15) is 0 Å². The molecule has 0 spiro atoms. The number of hydrogen-bond donors (Lipinski definition) is 0. The third kappa shape index (κ3) is 1.24. The van der Waals surface area contributed by atoms with Gasteiger partial charge in [-0.1, -0.05) is 13.8 Å². The van der Waals surface area contributed by atoms with Crippen molar-refractivity contribution in [3.05, 3.63) is 11.8 Å². The molecule has 0 aromatic heterocycles. The highest BCUT2D eigenvalue weighted by Crippen LogP contribution is 2.36. The molecular weight excluding hydrogens is 148 g/mol. The lowest BCUT2D eigenvalue weighted by Crippen LogP contribution is -2.47. The van der Waals surface area contributed by atoms with Crippen LogP contribution in [0.5, 0.6) is 0 Å². The Hall–Kier alpha value is -0.500. The van der Waals surface area contributed by atoms with E-state index < -0.39 is 0 Å². The van der Waals surface area contributed by atoms with Crippen molar-refractivity contribution in [3.63, 3.8) is 0 Å². The number of hydrogen-bond acceptors (Lipinski definition) is 2. The Bertz CT molecular complexity index is 218. The first-order valence-electron chi connectivity index (χ1n) is 4.72. The van der Waals surface area contributed by atoms with Crippen LogP contribution < -0.4 is 0 Å². The zero-order valence-electron chi connectivity index (χ0n) is 8.30. The first-order chi connectivity index (χ1) is 5.58. The summed E-state index contributed by atoms with van der Waals surface area (Å²) in [6.07, 6.45) is 3.64. The van der Waals surface area contributed by atoms with Gasteiger partial charge in [-0.05, 0) is 17.4 Å². The van der Waals surface area contributed by atoms with Crippen molar-refractivity contribution < 1.29 is 0 Å². The van der Waals surface area contributed by atoms with Crippen molar-refractivity contribution in [1.82, 2.24) is 9.80 Å². The van der Waals surface area contributed by atoms with Gasteiger partial charge < -0.3 is 4.90 Å². The van der Waals surface area contributed by atoms with Gasteiger partial charge in [0, 0.05) is 26.3 Å². The minimum atomic E-state index is 0.436. The van der Waals surface area contributed by atoms with Gasteiger partial charge in [-0.25, -0.2) is 0 Å². The van der Waals surface area contributed by atoms with Crippen LogP contribution in [0.2, 0.25) is 0 Å². The molecule has 1 atom stereocenters. The molecule has 0 aliphatic carbocycles. The summed E-state index contributed by atoms with van der Waals surface area (Å²) in [6.45, 7) is 8.27. The van der Waals surface area contributed by atoms with E-state index in [1.165, 1.54) is 19.5 Å². The number of piperidine rings is 1. The largest absolute Gasteiger partial charge is 0.368 e. The van der Waals surface area contributed by atoms with E-state index in [2.05, 4.69) is 36.9 Å². The molecule has 0 radical (unpaired) electrons. The summed E-state index contributed by atoms with van der Waals surface area (Å²) in [4.78, 5) is 4.81. The fraction of sp³-hybridized carbons (Fsp3) is 0.800. The second-order valence-electron chi connectivity index (χ2n) is 4.74. The van der Waals surface area contributed by atoms with Gasteiger partial charge in [-0.2, -0.15) is 0 Å². The summed E-state index contributed by atoms with van der Waals surface area (Å²) in [5.41, 5.74) is 2.04. The molecule has 68 valence electrons. The van der Waals surface area contributed by atoms with E-state index in [9.17, 15) is 0 Å². The molecule has 0 amide bonds. The summed E-state index contributed by atoms with van der Waals surface area (Å²) in [5.74, 6) is 0. The second kappa shape index (κ2) is 2.49. The second-order valence-corrected chi connectivity index (χ2v) is 4.74. The van der Waals surface area contributed by atoms with Crippen molar-refractivity contribution in [3.8, 4) is 0 Å². The van der Waals surface area contributed by atoms with Gasteiger partial charge in [0.25, 0.3) is 0 Å². The Morgan fingerprint density at radius 2 is 2.17 bits per heavy atom. The summed E-state index contributed by atoms with van der Waals surface area (Å²) >= 11 is 0. The maximum absolute atomic E-state index is 2.51. The minimum absolute atomic E-state index is 0.436. The average molecular weight is 166 g/mol. The fourth-order valence-corrected chi connectivity index (χ4v) is 2.09. The third-order valence-electron chi connectivity index (χ3n) is 3.12. The minimum Gasteiger partial charge on any atom is -0.368 e. The Labute approximate surface area is 74.8 Å². The van der Waals surface area contributed by atoms with E-state index in [-0.39, 0.29) is 0 Å². The van der Waals surface area contributed by atoms with Crippen LogP contribution in [0.15, 0.2) is 11.8 Å². The number of nitrogens with zero attached hydrogens (tertiary/aromatic N) is 2. The van der Waals surface area contributed by atoms with Gasteiger partial charge in [0.2, 0.25) is 0 Å². The van der Waals surface area contributed by atoms with E-state index >= 15 is 0 Å². The first kappa shape index (κ1) is 8.11. The lowest BCUT2D eigenvalue weighted by molar-refractivity contribution is 0.116. The van der Waals surface area contributed by atoms with Crippen molar-refractivity contribution >= 4 is 0 Å². The SMILES string of the molecule is CN1C=C2CN(CCC2(C)C)C1. The Morgan fingerprint density at radius 3 is 2.92 bits per heavy atom. The average Bonchev–Trinajstić information content (AvgIpc) is 1.98. The monoisotopic (exact) mass is 166 g/mol. The van der Waals surface area contributed by atoms with Crippen LogP contribution in [0.1, 0.15) is 20.3 Å². The molecule has 2 nitrogen and oxygen atoms in total. The van der Waals surface area contributed by atoms with Crippen molar-refractivity contribution in [1.29, 1.82) is 0 Å². The molecule has 2 bridgehead atoms. The molecule has 0 N–H and O–H groups in total. The Balaban J connectivity index is 2.27. The fourth-order valence-electron chi connectivity index (χ4n) is 2.09. The highest BCUT2D eigenvalue weighted by atomic mass is 15.3. The van der Waals surface area contributed by atoms with E-state index in [0.29, 0.717) is 5.41 Å². The zero-order valence-corrected chi connectivity index (χ0v) is 8.30. The molecule has 2 heterocycles. The van der Waals surface area contributed by atoms with Crippen molar-refractivity contribution in [2.24, 2.45) is 5.41 Å². The molecule has 2 aliphatic heterocycles. The maximum Gasteiger partial charge on any atom is 0.0701 e. The zero-order chi connectivity index (χ0) is 8.77. The van der Waals surface area contributed by atoms with E-state index in [1.54, 1.807) is 5.57 Å². The molecule has 0 saturated carbocycles. The molecule has 0 aromatic rings. The van der Waals surface area contributed by atoms with Gasteiger partial charge in [0.05, 0.1) is 6.67 Å². The van der Waals surface area contributed by atoms with Crippen LogP contribution in [-0.4, -0.2) is 36.6 Å². The summed E-state index contributed by atoms with van der Waals surface area (Å²) in [7, 11) is 2.16. The quantitative estimate of drug-likeness (QED) is 0.538. The number of rotatable bonds is 0. The van der Waals surface area contributed by atoms with Crippen molar-refractivity contribution in [2.45, 2.75) is 20.3 Å². The van der Waals surface area contributed by atoms with E-state index in [1.807, 2.05) is 0 Å². The molecular formula is C10H18N2. The van der Waals surface area contributed by atoms with Crippen LogP contribution >= 0.6 is 0 Å². The van der Waals surface area contributed by atoms with Crippen LogP contribution in [0, 0.1) is 5.41 Å². The highest BCUT2D eigenvalue weighted by molar-refractivity contribution is 5.18. The molecule has 12 heavy (non-hydrogen) atoms. The van der Waals surface area contributed by atoms with Crippen LogP contribution in [0.25, 0.3) is 0 Å². The Kier molecular flexibility index (Phi) is 1.69. The summed E-state index contributed by atoms with van der Waals surface area (Å²) in [6, 6.07) is 0. The smallest absolute Gasteiger partial charge is 0.0701 e. The van der Waals surface area contributed by atoms with E-state index in [0.717, 1.165) is 6.67 Å². The lowest BCUT2D eigenvalue weighted by Gasteiger charge is -2.45. The van der Waals surface area contributed by atoms with Gasteiger partial charge in [-0.3, -0.25) is 4.90 Å². The Morgan fingerprint density at radius 1 is 1.42 bits per heavy atom. The predicted molar refractivity (Wildman–Crippen MR) is 50.7 cm³/mol. The lowest BCUT2D eigenvalue weighted by atomic mass is 9.78. The molecule has 1 saturated heterocycles. The summed E-state index contributed by atoms with van der Waals surface area (Å²) in [5, 5.41) is 0. The topological polar surface area (TPSA) is 6.48 Å². The molecule has 1 unspecified atom stereocenters. The number of fused-ring (bicyclic) bond motifs is 2. The van der Waals surface area contributed by atoms with Crippen LogP contribution in [0.4, 0.5) is 0 Å². The van der Waals surface area contributed by atoms with Crippen molar-refractivity contribution in [2.75, 3.05) is 26.8 Å². The molecule has 2 aliphatic rings. The van der Waals surface area contributed by atoms with Gasteiger partial charge >= 0.3 is 0 Å². The van der Waals surface area contributed by atoms with E-state index in [4.69, 9.17) is 0 Å². The first-order valence-corrected chi connectivity index (χ1v) is 4.72. The molecule has 2 rings (SSSR count). The van der Waals surface area contributed by atoms with Gasteiger partial charge in [0.15, 0.2) is 0 Å².